The predicted molar refractivity (Wildman–Crippen MR) is 126 cm³/mol. The Bertz CT molecular complexity index is 936. The van der Waals surface area contributed by atoms with Gasteiger partial charge < -0.3 is 9.64 Å². The number of methoxy groups -OCH3 is 1. The van der Waals surface area contributed by atoms with Crippen LogP contribution in [0.25, 0.3) is 0 Å². The second-order valence-corrected chi connectivity index (χ2v) is 9.54. The van der Waals surface area contributed by atoms with Gasteiger partial charge in [-0.15, -0.1) is 6.58 Å². The first-order valence-corrected chi connectivity index (χ1v) is 12.2. The highest BCUT2D eigenvalue weighted by atomic mass is 32.2. The molecule has 2 heterocycles. The van der Waals surface area contributed by atoms with E-state index in [9.17, 15) is 4.79 Å². The lowest BCUT2D eigenvalue weighted by Crippen LogP contribution is -2.40. The number of hydrogen-bond acceptors (Lipinski definition) is 5. The smallest absolute Gasteiger partial charge is 0.274 e. The van der Waals surface area contributed by atoms with Crippen LogP contribution in [0.5, 0.6) is 5.75 Å². The molecule has 1 atom stereocenters. The van der Waals surface area contributed by atoms with Gasteiger partial charge in [-0.2, -0.15) is 16.9 Å². The molecule has 1 saturated heterocycles. The van der Waals surface area contributed by atoms with E-state index < -0.39 is 0 Å². The summed E-state index contributed by atoms with van der Waals surface area (Å²) in [5.74, 6) is 2.99. The molecular weight excluding hydrogens is 408 g/mol. The van der Waals surface area contributed by atoms with E-state index in [4.69, 9.17) is 9.84 Å². The molecule has 166 valence electrons. The number of allylic oxidation sites excluding steroid dienone is 1. The summed E-state index contributed by atoms with van der Waals surface area (Å²) >= 11 is 1.91. The van der Waals surface area contributed by atoms with E-state index in [-0.39, 0.29) is 5.91 Å². The molecule has 7 heteroatoms. The Kier molecular flexibility index (Phi) is 7.02. The van der Waals surface area contributed by atoms with Crippen molar-refractivity contribution in [2.45, 2.75) is 38.4 Å². The first-order valence-electron chi connectivity index (χ1n) is 11.0. The van der Waals surface area contributed by atoms with Crippen LogP contribution in [0.1, 0.15) is 33.7 Å². The minimum atomic E-state index is 0.0930. The van der Waals surface area contributed by atoms with Crippen molar-refractivity contribution in [3.05, 3.63) is 59.4 Å². The number of thioether (sulfide) groups is 1. The summed E-state index contributed by atoms with van der Waals surface area (Å²) in [4.78, 5) is 17.7. The van der Waals surface area contributed by atoms with Crippen molar-refractivity contribution in [1.29, 1.82) is 0 Å². The molecule has 31 heavy (non-hydrogen) atoms. The van der Waals surface area contributed by atoms with Gasteiger partial charge >= 0.3 is 0 Å². The largest absolute Gasteiger partial charge is 0.497 e. The number of rotatable bonds is 7. The maximum absolute atomic E-state index is 13.3. The number of amides is 1. The number of hydrogen-bond donors (Lipinski definition) is 0. The zero-order chi connectivity index (χ0) is 21.8. The van der Waals surface area contributed by atoms with Gasteiger partial charge in [-0.1, -0.05) is 18.2 Å². The maximum atomic E-state index is 13.3. The minimum absolute atomic E-state index is 0.0930. The van der Waals surface area contributed by atoms with Crippen molar-refractivity contribution >= 4 is 17.7 Å². The molecule has 6 nitrogen and oxygen atoms in total. The standard InChI is InChI=1S/C24H32N4O2S/c1-4-10-28-22-9-8-19(26(2)17-18-6-5-7-20(15-18)30-3)16-21(22)23(25-28)24(29)27-11-13-31-14-12-27/h4-7,15,19H,1,8-14,16-17H2,2-3H3. The van der Waals surface area contributed by atoms with E-state index in [1.807, 2.05) is 39.6 Å². The molecule has 1 aromatic carbocycles. The zero-order valence-electron chi connectivity index (χ0n) is 18.5. The molecule has 0 radical (unpaired) electrons. The van der Waals surface area contributed by atoms with Gasteiger partial charge in [-0.3, -0.25) is 14.4 Å². The van der Waals surface area contributed by atoms with Crippen molar-refractivity contribution < 1.29 is 9.53 Å². The Labute approximate surface area is 189 Å². The van der Waals surface area contributed by atoms with Crippen molar-refractivity contribution in [3.63, 3.8) is 0 Å². The Hall–Kier alpha value is -2.25. The highest BCUT2D eigenvalue weighted by Gasteiger charge is 2.32. The Balaban J connectivity index is 1.54. The summed E-state index contributed by atoms with van der Waals surface area (Å²) in [5, 5.41) is 4.77. The van der Waals surface area contributed by atoms with E-state index in [0.29, 0.717) is 18.3 Å². The van der Waals surface area contributed by atoms with Crippen LogP contribution in [-0.2, 0) is 25.9 Å². The Morgan fingerprint density at radius 3 is 2.94 bits per heavy atom. The zero-order valence-corrected chi connectivity index (χ0v) is 19.4. The summed E-state index contributed by atoms with van der Waals surface area (Å²) < 4.78 is 7.37. The quantitative estimate of drug-likeness (QED) is 0.619. The van der Waals surface area contributed by atoms with Crippen LogP contribution in [0.2, 0.25) is 0 Å². The van der Waals surface area contributed by atoms with E-state index in [0.717, 1.165) is 61.7 Å². The summed E-state index contributed by atoms with van der Waals surface area (Å²) in [6, 6.07) is 8.62. The minimum Gasteiger partial charge on any atom is -0.497 e. The molecule has 0 bridgehead atoms. The fourth-order valence-corrected chi connectivity index (χ4v) is 5.50. The third kappa shape index (κ3) is 4.83. The molecule has 0 spiro atoms. The van der Waals surface area contributed by atoms with Gasteiger partial charge in [0, 0.05) is 48.4 Å². The van der Waals surface area contributed by atoms with Gasteiger partial charge in [-0.05, 0) is 44.0 Å². The highest BCUT2D eigenvalue weighted by molar-refractivity contribution is 7.99. The van der Waals surface area contributed by atoms with Gasteiger partial charge in [0.2, 0.25) is 0 Å². The van der Waals surface area contributed by atoms with E-state index in [1.165, 1.54) is 11.3 Å². The average molecular weight is 441 g/mol. The fraction of sp³-hybridized carbons (Fsp3) is 0.500. The van der Waals surface area contributed by atoms with Crippen molar-refractivity contribution in [2.75, 3.05) is 38.8 Å². The van der Waals surface area contributed by atoms with Crippen molar-refractivity contribution in [1.82, 2.24) is 19.6 Å². The molecule has 1 aliphatic heterocycles. The molecule has 1 aliphatic carbocycles. The summed E-state index contributed by atoms with van der Waals surface area (Å²) in [6.07, 6.45) is 4.72. The molecule has 2 aliphatic rings. The van der Waals surface area contributed by atoms with Gasteiger partial charge in [0.15, 0.2) is 5.69 Å². The number of likely N-dealkylation sites (N-methyl/N-ethyl adjacent to an activating group) is 1. The van der Waals surface area contributed by atoms with Crippen LogP contribution < -0.4 is 4.74 Å². The van der Waals surface area contributed by atoms with Crippen LogP contribution in [0.15, 0.2) is 36.9 Å². The van der Waals surface area contributed by atoms with Crippen LogP contribution in [0.3, 0.4) is 0 Å². The number of carbonyl (C=O) groups is 1. The van der Waals surface area contributed by atoms with E-state index in [2.05, 4.69) is 30.7 Å². The van der Waals surface area contributed by atoms with Crippen LogP contribution in [0.4, 0.5) is 0 Å². The molecule has 2 aromatic rings. The van der Waals surface area contributed by atoms with Crippen LogP contribution in [-0.4, -0.2) is 70.3 Å². The summed E-state index contributed by atoms with van der Waals surface area (Å²) in [6.45, 7) is 7.00. The number of ether oxygens (including phenoxy) is 1. The van der Waals surface area contributed by atoms with Gasteiger partial charge in [0.1, 0.15) is 5.75 Å². The van der Waals surface area contributed by atoms with Crippen molar-refractivity contribution in [3.8, 4) is 5.75 Å². The molecule has 0 saturated carbocycles. The normalized spacial score (nSPS) is 18.7. The van der Waals surface area contributed by atoms with Crippen LogP contribution >= 0.6 is 11.8 Å². The number of aromatic nitrogens is 2. The lowest BCUT2D eigenvalue weighted by atomic mass is 9.90. The van der Waals surface area contributed by atoms with Gasteiger partial charge in [0.05, 0.1) is 13.7 Å². The first kappa shape index (κ1) is 22.0. The van der Waals surface area contributed by atoms with Crippen LogP contribution in [0, 0.1) is 0 Å². The van der Waals surface area contributed by atoms with Crippen molar-refractivity contribution in [2.24, 2.45) is 0 Å². The van der Waals surface area contributed by atoms with Gasteiger partial charge in [-0.25, -0.2) is 0 Å². The third-order valence-electron chi connectivity index (χ3n) is 6.31. The molecule has 1 aromatic heterocycles. The topological polar surface area (TPSA) is 50.6 Å². The summed E-state index contributed by atoms with van der Waals surface area (Å²) in [7, 11) is 3.87. The summed E-state index contributed by atoms with van der Waals surface area (Å²) in [5.41, 5.74) is 4.24. The van der Waals surface area contributed by atoms with E-state index >= 15 is 0 Å². The lowest BCUT2D eigenvalue weighted by Gasteiger charge is -2.32. The Morgan fingerprint density at radius 2 is 2.19 bits per heavy atom. The monoisotopic (exact) mass is 440 g/mol. The van der Waals surface area contributed by atoms with E-state index in [1.54, 1.807) is 7.11 Å². The second-order valence-electron chi connectivity index (χ2n) is 8.31. The van der Waals surface area contributed by atoms with Gasteiger partial charge in [0.25, 0.3) is 5.91 Å². The molecule has 1 amide bonds. The number of fused-ring (bicyclic) bond motifs is 1. The molecule has 1 unspecified atom stereocenters. The molecular formula is C24H32N4O2S. The maximum Gasteiger partial charge on any atom is 0.274 e. The molecule has 0 N–H and O–H groups in total. The average Bonchev–Trinajstić information content (AvgIpc) is 3.17. The predicted octanol–water partition coefficient (Wildman–Crippen LogP) is 3.26. The SMILES string of the molecule is C=CCn1nc(C(=O)N2CCSCC2)c2c1CCC(N(C)Cc1cccc(OC)c1)C2. The second kappa shape index (κ2) is 9.92. The number of benzene rings is 1. The molecule has 1 fully saturated rings. The lowest BCUT2D eigenvalue weighted by molar-refractivity contribution is 0.0763. The third-order valence-corrected chi connectivity index (χ3v) is 7.26. The first-order chi connectivity index (χ1) is 15.1. The Morgan fingerprint density at radius 1 is 1.39 bits per heavy atom. The number of nitrogens with zero attached hydrogens (tertiary/aromatic N) is 4. The molecule has 4 rings (SSSR count). The highest BCUT2D eigenvalue weighted by Crippen LogP contribution is 2.29. The number of carbonyl (C=O) groups excluding carboxylic acids is 1. The fourth-order valence-electron chi connectivity index (χ4n) is 4.59.